The molecule has 2 unspecified atom stereocenters. The Bertz CT molecular complexity index is 917. The SMILES string of the molecule is C=CCOc1ccc(Cl)cc1C1c2ccc(Cl)c(Cl)c2CN1S(=O)CC(C)C. The van der Waals surface area contributed by atoms with Gasteiger partial charge in [-0.1, -0.05) is 67.4 Å². The highest BCUT2D eigenvalue weighted by Gasteiger charge is 2.38. The maximum Gasteiger partial charge on any atom is 0.125 e. The van der Waals surface area contributed by atoms with Crippen molar-refractivity contribution in [3.63, 3.8) is 0 Å². The molecular weight excluding hydrogens is 437 g/mol. The Kier molecular flexibility index (Phi) is 7.11. The molecule has 1 aliphatic rings. The van der Waals surface area contributed by atoms with Gasteiger partial charge >= 0.3 is 0 Å². The molecule has 0 bridgehead atoms. The van der Waals surface area contributed by atoms with Crippen molar-refractivity contribution in [1.82, 2.24) is 4.31 Å². The molecule has 0 spiro atoms. The minimum Gasteiger partial charge on any atom is -0.489 e. The fourth-order valence-corrected chi connectivity index (χ4v) is 5.42. The van der Waals surface area contributed by atoms with Gasteiger partial charge in [0.15, 0.2) is 0 Å². The summed E-state index contributed by atoms with van der Waals surface area (Å²) in [6, 6.07) is 8.91. The standard InChI is InChI=1S/C21H22Cl3NO2S/c1-4-9-27-19-8-5-14(22)10-16(19)21-15-6-7-18(23)20(24)17(15)11-25(21)28(26)12-13(2)3/h4-8,10,13,21H,1,9,11-12H2,2-3H3. The molecule has 1 aliphatic heterocycles. The van der Waals surface area contributed by atoms with Crippen molar-refractivity contribution in [1.29, 1.82) is 0 Å². The van der Waals surface area contributed by atoms with Crippen LogP contribution >= 0.6 is 34.8 Å². The van der Waals surface area contributed by atoms with Crippen molar-refractivity contribution in [2.45, 2.75) is 26.4 Å². The van der Waals surface area contributed by atoms with E-state index < -0.39 is 11.0 Å². The molecule has 2 aromatic carbocycles. The zero-order valence-electron chi connectivity index (χ0n) is 15.8. The summed E-state index contributed by atoms with van der Waals surface area (Å²) in [5.41, 5.74) is 2.71. The number of nitrogens with zero attached hydrogens (tertiary/aromatic N) is 1. The van der Waals surface area contributed by atoms with E-state index in [4.69, 9.17) is 39.5 Å². The van der Waals surface area contributed by atoms with E-state index in [9.17, 15) is 4.21 Å². The average molecular weight is 459 g/mol. The van der Waals surface area contributed by atoms with E-state index in [-0.39, 0.29) is 6.04 Å². The zero-order valence-corrected chi connectivity index (χ0v) is 18.8. The fraction of sp³-hybridized carbons (Fsp3) is 0.333. The summed E-state index contributed by atoms with van der Waals surface area (Å²) >= 11 is 19.0. The van der Waals surface area contributed by atoms with Crippen LogP contribution in [0.1, 0.15) is 36.6 Å². The van der Waals surface area contributed by atoms with Crippen molar-refractivity contribution in [2.75, 3.05) is 12.4 Å². The number of rotatable bonds is 7. The third-order valence-corrected chi connectivity index (χ3v) is 7.38. The Labute approximate surface area is 183 Å². The minimum absolute atomic E-state index is 0.289. The quantitative estimate of drug-likeness (QED) is 0.447. The lowest BCUT2D eigenvalue weighted by Crippen LogP contribution is -2.29. The first-order valence-electron chi connectivity index (χ1n) is 8.98. The molecule has 0 aromatic heterocycles. The first-order valence-corrected chi connectivity index (χ1v) is 11.4. The van der Waals surface area contributed by atoms with Gasteiger partial charge in [0.05, 0.1) is 27.1 Å². The van der Waals surface area contributed by atoms with E-state index in [1.54, 1.807) is 18.2 Å². The first-order chi connectivity index (χ1) is 13.3. The van der Waals surface area contributed by atoms with Crippen LogP contribution in [0.4, 0.5) is 0 Å². The van der Waals surface area contributed by atoms with Crippen LogP contribution in [0.15, 0.2) is 43.0 Å². The molecule has 0 amide bonds. The second-order valence-corrected chi connectivity index (χ2v) is 9.74. The van der Waals surface area contributed by atoms with Gasteiger partial charge in [0.2, 0.25) is 0 Å². The highest BCUT2D eigenvalue weighted by atomic mass is 35.5. The summed E-state index contributed by atoms with van der Waals surface area (Å²) < 4.78 is 21.0. The molecule has 28 heavy (non-hydrogen) atoms. The molecule has 0 saturated heterocycles. The number of halogens is 3. The van der Waals surface area contributed by atoms with Crippen LogP contribution in [0.25, 0.3) is 0 Å². The molecule has 0 N–H and O–H groups in total. The van der Waals surface area contributed by atoms with Crippen LogP contribution in [-0.4, -0.2) is 20.9 Å². The van der Waals surface area contributed by atoms with Gasteiger partial charge in [-0.15, -0.1) is 0 Å². The normalized spacial score (nSPS) is 17.6. The van der Waals surface area contributed by atoms with Crippen LogP contribution in [-0.2, 0) is 17.5 Å². The van der Waals surface area contributed by atoms with Gasteiger partial charge in [0, 0.05) is 22.9 Å². The Morgan fingerprint density at radius 1 is 1.25 bits per heavy atom. The molecule has 0 saturated carbocycles. The van der Waals surface area contributed by atoms with Crippen LogP contribution < -0.4 is 4.74 Å². The first kappa shape index (κ1) is 21.7. The lowest BCUT2D eigenvalue weighted by molar-refractivity contribution is 0.344. The summed E-state index contributed by atoms with van der Waals surface area (Å²) in [5, 5.41) is 1.58. The van der Waals surface area contributed by atoms with E-state index in [1.165, 1.54) is 0 Å². The second-order valence-electron chi connectivity index (χ2n) is 7.07. The largest absolute Gasteiger partial charge is 0.489 e. The number of ether oxygens (including phenoxy) is 1. The maximum absolute atomic E-state index is 13.2. The van der Waals surface area contributed by atoms with Crippen molar-refractivity contribution in [2.24, 2.45) is 5.92 Å². The van der Waals surface area contributed by atoms with E-state index in [2.05, 4.69) is 20.4 Å². The molecule has 2 aromatic rings. The van der Waals surface area contributed by atoms with Crippen molar-refractivity contribution >= 4 is 45.8 Å². The average Bonchev–Trinajstić information content (AvgIpc) is 3.03. The van der Waals surface area contributed by atoms with Gasteiger partial charge in [0.25, 0.3) is 0 Å². The molecule has 2 atom stereocenters. The molecule has 3 nitrogen and oxygen atoms in total. The summed E-state index contributed by atoms with van der Waals surface area (Å²) in [5.74, 6) is 1.53. The minimum atomic E-state index is -1.20. The number of hydrogen-bond acceptors (Lipinski definition) is 2. The van der Waals surface area contributed by atoms with Gasteiger partial charge in [-0.25, -0.2) is 8.51 Å². The van der Waals surface area contributed by atoms with E-state index >= 15 is 0 Å². The third kappa shape index (κ3) is 4.42. The highest BCUT2D eigenvalue weighted by Crippen LogP contribution is 2.47. The molecule has 1 heterocycles. The van der Waals surface area contributed by atoms with E-state index in [0.29, 0.717) is 45.6 Å². The fourth-order valence-electron chi connectivity index (χ4n) is 3.33. The van der Waals surface area contributed by atoms with Crippen LogP contribution in [0.3, 0.4) is 0 Å². The Balaban J connectivity index is 2.15. The molecule has 0 radical (unpaired) electrons. The molecule has 0 aliphatic carbocycles. The number of benzene rings is 2. The lowest BCUT2D eigenvalue weighted by Gasteiger charge is -2.26. The molecule has 3 rings (SSSR count). The van der Waals surface area contributed by atoms with Gasteiger partial charge in [-0.2, -0.15) is 0 Å². The predicted octanol–water partition coefficient (Wildman–Crippen LogP) is 6.44. The Morgan fingerprint density at radius 2 is 2.00 bits per heavy atom. The zero-order chi connectivity index (χ0) is 20.4. The van der Waals surface area contributed by atoms with Gasteiger partial charge in [0.1, 0.15) is 12.4 Å². The monoisotopic (exact) mass is 457 g/mol. The van der Waals surface area contributed by atoms with Crippen LogP contribution in [0.2, 0.25) is 15.1 Å². The highest BCUT2D eigenvalue weighted by molar-refractivity contribution is 7.82. The topological polar surface area (TPSA) is 29.5 Å². The summed E-state index contributed by atoms with van der Waals surface area (Å²) in [6.45, 7) is 8.63. The lowest BCUT2D eigenvalue weighted by atomic mass is 9.97. The third-order valence-electron chi connectivity index (χ3n) is 4.49. The van der Waals surface area contributed by atoms with Crippen LogP contribution in [0.5, 0.6) is 5.75 Å². The number of hydrogen-bond donors (Lipinski definition) is 0. The predicted molar refractivity (Wildman–Crippen MR) is 119 cm³/mol. The summed E-state index contributed by atoms with van der Waals surface area (Å²) in [7, 11) is -1.20. The van der Waals surface area contributed by atoms with Gasteiger partial charge < -0.3 is 4.74 Å². The molecular formula is C21H22Cl3NO2S. The summed E-state index contributed by atoms with van der Waals surface area (Å²) in [4.78, 5) is 0. The maximum atomic E-state index is 13.2. The Morgan fingerprint density at radius 3 is 2.68 bits per heavy atom. The van der Waals surface area contributed by atoms with Crippen molar-refractivity contribution in [3.8, 4) is 5.75 Å². The number of fused-ring (bicyclic) bond motifs is 1. The van der Waals surface area contributed by atoms with E-state index in [0.717, 1.165) is 16.7 Å². The summed E-state index contributed by atoms with van der Waals surface area (Å²) in [6.07, 6.45) is 1.69. The van der Waals surface area contributed by atoms with Crippen LogP contribution in [0, 0.1) is 5.92 Å². The molecule has 7 heteroatoms. The van der Waals surface area contributed by atoms with E-state index in [1.807, 2.05) is 22.5 Å². The van der Waals surface area contributed by atoms with Gasteiger partial charge in [-0.3, -0.25) is 0 Å². The van der Waals surface area contributed by atoms with Crippen molar-refractivity contribution in [3.05, 3.63) is 74.7 Å². The van der Waals surface area contributed by atoms with Crippen molar-refractivity contribution < 1.29 is 8.95 Å². The molecule has 150 valence electrons. The smallest absolute Gasteiger partial charge is 0.125 e. The molecule has 0 fully saturated rings. The second kappa shape index (κ2) is 9.19. The Hall–Kier alpha value is -1.04. The van der Waals surface area contributed by atoms with Gasteiger partial charge in [-0.05, 0) is 41.3 Å².